The molecule has 0 bridgehead atoms. The summed E-state index contributed by atoms with van der Waals surface area (Å²) < 4.78 is 3.95. The lowest BCUT2D eigenvalue weighted by atomic mass is 10.2. The van der Waals surface area contributed by atoms with Crippen molar-refractivity contribution in [2.45, 2.75) is 0 Å². The molecule has 13 heavy (non-hydrogen) atoms. The van der Waals surface area contributed by atoms with Gasteiger partial charge in [0.2, 0.25) is 0 Å². The topological polar surface area (TPSA) is 0 Å². The predicted molar refractivity (Wildman–Crippen MR) is 64.9 cm³/mol. The zero-order valence-corrected chi connectivity index (χ0v) is 9.80. The lowest BCUT2D eigenvalue weighted by Gasteiger charge is -1.89. The number of fused-ring (bicyclic) bond motifs is 2. The quantitative estimate of drug-likeness (QED) is 0.545. The number of benzene rings is 1. The summed E-state index contributed by atoms with van der Waals surface area (Å²) in [6.45, 7) is 0. The SMILES string of the molecule is Brc1cc2cc3ccsc3cc2s1. The summed E-state index contributed by atoms with van der Waals surface area (Å²) in [7, 11) is 0. The summed E-state index contributed by atoms with van der Waals surface area (Å²) in [5, 5.41) is 4.83. The number of rotatable bonds is 0. The van der Waals surface area contributed by atoms with Crippen LogP contribution in [0, 0.1) is 0 Å². The van der Waals surface area contributed by atoms with Crippen LogP contribution in [0.4, 0.5) is 0 Å². The van der Waals surface area contributed by atoms with Crippen LogP contribution in [0.25, 0.3) is 20.2 Å². The molecule has 0 amide bonds. The Labute approximate surface area is 91.9 Å². The van der Waals surface area contributed by atoms with Gasteiger partial charge in [-0.05, 0) is 56.3 Å². The molecule has 0 saturated heterocycles. The number of halogens is 1. The lowest BCUT2D eigenvalue weighted by molar-refractivity contribution is 2.00. The van der Waals surface area contributed by atoms with Crippen molar-refractivity contribution in [3.05, 3.63) is 33.4 Å². The Kier molecular flexibility index (Phi) is 1.72. The fourth-order valence-corrected chi connectivity index (χ4v) is 3.93. The molecule has 0 unspecified atom stereocenters. The van der Waals surface area contributed by atoms with Gasteiger partial charge in [-0.3, -0.25) is 0 Å². The van der Waals surface area contributed by atoms with E-state index in [0.29, 0.717) is 0 Å². The Morgan fingerprint density at radius 1 is 1.00 bits per heavy atom. The van der Waals surface area contributed by atoms with Crippen LogP contribution in [0.15, 0.2) is 33.4 Å². The van der Waals surface area contributed by atoms with E-state index >= 15 is 0 Å². The van der Waals surface area contributed by atoms with E-state index in [0.717, 1.165) is 0 Å². The molecule has 2 aromatic heterocycles. The molecule has 0 spiro atoms. The average molecular weight is 269 g/mol. The summed E-state index contributed by atoms with van der Waals surface area (Å²) in [6.07, 6.45) is 0. The maximum atomic E-state index is 3.51. The van der Waals surface area contributed by atoms with E-state index in [1.54, 1.807) is 22.7 Å². The van der Waals surface area contributed by atoms with E-state index in [9.17, 15) is 0 Å². The Morgan fingerprint density at radius 3 is 2.85 bits per heavy atom. The van der Waals surface area contributed by atoms with Crippen LogP contribution >= 0.6 is 38.6 Å². The summed E-state index contributed by atoms with van der Waals surface area (Å²) >= 11 is 7.10. The Bertz CT molecular complexity index is 529. The smallest absolute Gasteiger partial charge is 0.0711 e. The standard InChI is InChI=1S/C10H5BrS2/c11-10-4-7-3-6-1-2-12-8(6)5-9(7)13-10/h1-5H. The van der Waals surface area contributed by atoms with Crippen molar-refractivity contribution in [2.24, 2.45) is 0 Å². The second-order valence-electron chi connectivity index (χ2n) is 2.90. The molecule has 1 aromatic carbocycles. The Hall–Kier alpha value is -0.380. The van der Waals surface area contributed by atoms with E-state index in [1.165, 1.54) is 24.0 Å². The maximum Gasteiger partial charge on any atom is 0.0711 e. The second kappa shape index (κ2) is 2.80. The minimum Gasteiger partial charge on any atom is -0.144 e. The van der Waals surface area contributed by atoms with Crippen LogP contribution in [-0.4, -0.2) is 0 Å². The molecule has 3 rings (SSSR count). The van der Waals surface area contributed by atoms with Crippen LogP contribution in [-0.2, 0) is 0 Å². The van der Waals surface area contributed by atoms with Crippen LogP contribution < -0.4 is 0 Å². The van der Waals surface area contributed by atoms with E-state index in [2.05, 4.69) is 45.6 Å². The highest BCUT2D eigenvalue weighted by atomic mass is 79.9. The third-order valence-corrected chi connectivity index (χ3v) is 4.54. The summed E-state index contributed by atoms with van der Waals surface area (Å²) in [5.74, 6) is 0. The zero-order chi connectivity index (χ0) is 8.84. The molecular weight excluding hydrogens is 264 g/mol. The van der Waals surface area contributed by atoms with Crippen molar-refractivity contribution in [1.82, 2.24) is 0 Å². The highest BCUT2D eigenvalue weighted by Crippen LogP contribution is 2.34. The third-order valence-electron chi connectivity index (χ3n) is 2.06. The molecule has 0 nitrogen and oxygen atoms in total. The predicted octanol–water partition coefficient (Wildman–Crippen LogP) is 4.88. The van der Waals surface area contributed by atoms with E-state index in [-0.39, 0.29) is 0 Å². The molecular formula is C10H5BrS2. The minimum absolute atomic E-state index is 1.21. The first-order chi connectivity index (χ1) is 6.33. The highest BCUT2D eigenvalue weighted by molar-refractivity contribution is 9.11. The first-order valence-corrected chi connectivity index (χ1v) is 6.38. The van der Waals surface area contributed by atoms with E-state index < -0.39 is 0 Å². The third kappa shape index (κ3) is 1.23. The summed E-state index contributed by atoms with van der Waals surface area (Å²) in [6, 6.07) is 8.87. The highest BCUT2D eigenvalue weighted by Gasteiger charge is 2.02. The lowest BCUT2D eigenvalue weighted by Crippen LogP contribution is -1.61. The molecule has 3 heteroatoms. The molecule has 0 aliphatic rings. The summed E-state index contributed by atoms with van der Waals surface area (Å²) in [5.41, 5.74) is 0. The minimum atomic E-state index is 1.21. The number of hydrogen-bond acceptors (Lipinski definition) is 2. The average Bonchev–Trinajstić information content (AvgIpc) is 2.63. The van der Waals surface area contributed by atoms with Gasteiger partial charge in [0.1, 0.15) is 0 Å². The van der Waals surface area contributed by atoms with Crippen molar-refractivity contribution in [1.29, 1.82) is 0 Å². The monoisotopic (exact) mass is 268 g/mol. The first kappa shape index (κ1) is 7.97. The van der Waals surface area contributed by atoms with Crippen molar-refractivity contribution >= 4 is 58.8 Å². The fourth-order valence-electron chi connectivity index (χ4n) is 1.47. The maximum absolute atomic E-state index is 3.51. The molecule has 3 aromatic rings. The fraction of sp³-hybridized carbons (Fsp3) is 0. The van der Waals surface area contributed by atoms with Gasteiger partial charge >= 0.3 is 0 Å². The van der Waals surface area contributed by atoms with Gasteiger partial charge in [0.15, 0.2) is 0 Å². The Balaban J connectivity index is 2.54. The van der Waals surface area contributed by atoms with Crippen molar-refractivity contribution in [2.75, 3.05) is 0 Å². The van der Waals surface area contributed by atoms with Gasteiger partial charge in [-0.1, -0.05) is 0 Å². The molecule has 0 N–H and O–H groups in total. The van der Waals surface area contributed by atoms with Gasteiger partial charge in [0.25, 0.3) is 0 Å². The van der Waals surface area contributed by atoms with Crippen molar-refractivity contribution in [3.63, 3.8) is 0 Å². The second-order valence-corrected chi connectivity index (χ2v) is 6.31. The molecule has 0 saturated carbocycles. The molecule has 0 radical (unpaired) electrons. The van der Waals surface area contributed by atoms with E-state index in [1.807, 2.05) is 0 Å². The van der Waals surface area contributed by atoms with Gasteiger partial charge in [-0.25, -0.2) is 0 Å². The van der Waals surface area contributed by atoms with Gasteiger partial charge < -0.3 is 0 Å². The van der Waals surface area contributed by atoms with Crippen LogP contribution in [0.2, 0.25) is 0 Å². The molecule has 0 atom stereocenters. The normalized spacial score (nSPS) is 11.5. The molecule has 64 valence electrons. The van der Waals surface area contributed by atoms with E-state index in [4.69, 9.17) is 0 Å². The van der Waals surface area contributed by atoms with Crippen molar-refractivity contribution < 1.29 is 0 Å². The van der Waals surface area contributed by atoms with Crippen LogP contribution in [0.5, 0.6) is 0 Å². The largest absolute Gasteiger partial charge is 0.144 e. The van der Waals surface area contributed by atoms with Gasteiger partial charge in [0.05, 0.1) is 3.79 Å². The molecule has 0 aliphatic heterocycles. The van der Waals surface area contributed by atoms with Gasteiger partial charge in [0, 0.05) is 9.40 Å². The number of hydrogen-bond donors (Lipinski definition) is 0. The first-order valence-electron chi connectivity index (χ1n) is 3.89. The zero-order valence-electron chi connectivity index (χ0n) is 6.58. The van der Waals surface area contributed by atoms with Gasteiger partial charge in [-0.2, -0.15) is 0 Å². The Morgan fingerprint density at radius 2 is 1.92 bits per heavy atom. The molecule has 0 aliphatic carbocycles. The molecule has 0 fully saturated rings. The summed E-state index contributed by atoms with van der Waals surface area (Å²) in [4.78, 5) is 0. The molecule has 2 heterocycles. The van der Waals surface area contributed by atoms with Gasteiger partial charge in [-0.15, -0.1) is 22.7 Å². The van der Waals surface area contributed by atoms with Crippen molar-refractivity contribution in [3.8, 4) is 0 Å². The number of thiophene rings is 2. The van der Waals surface area contributed by atoms with Crippen LogP contribution in [0.1, 0.15) is 0 Å². The van der Waals surface area contributed by atoms with Crippen LogP contribution in [0.3, 0.4) is 0 Å².